The van der Waals surface area contributed by atoms with E-state index >= 15 is 0 Å². The Labute approximate surface area is 201 Å². The van der Waals surface area contributed by atoms with Gasteiger partial charge >= 0.3 is 6.18 Å². The molecular weight excluding hydrogens is 490 g/mol. The van der Waals surface area contributed by atoms with Crippen molar-refractivity contribution in [3.63, 3.8) is 0 Å². The van der Waals surface area contributed by atoms with E-state index in [1.165, 1.54) is 43.5 Å². The number of aliphatic hydroxyl groups excluding tert-OH is 1. The average molecular weight is 506 g/mol. The number of rotatable bonds is 4. The van der Waals surface area contributed by atoms with Gasteiger partial charge in [0.25, 0.3) is 11.7 Å². The number of anilines is 1. The number of ketones is 1. The maximum Gasteiger partial charge on any atom is 0.416 e. The molecule has 10 heteroatoms. The average Bonchev–Trinajstić information content (AvgIpc) is 3.09. The van der Waals surface area contributed by atoms with Gasteiger partial charge in [-0.3, -0.25) is 14.5 Å². The Morgan fingerprint density at radius 3 is 2.29 bits per heavy atom. The lowest BCUT2D eigenvalue weighted by atomic mass is 9.94. The van der Waals surface area contributed by atoms with E-state index in [1.54, 1.807) is 0 Å². The molecule has 5 nitrogen and oxygen atoms in total. The lowest BCUT2D eigenvalue weighted by molar-refractivity contribution is -0.137. The smallest absolute Gasteiger partial charge is 0.416 e. The van der Waals surface area contributed by atoms with E-state index in [0.717, 1.165) is 35.2 Å². The van der Waals surface area contributed by atoms with Crippen molar-refractivity contribution in [3.8, 4) is 5.75 Å². The van der Waals surface area contributed by atoms with Crippen LogP contribution in [0.2, 0.25) is 5.02 Å². The summed E-state index contributed by atoms with van der Waals surface area (Å²) in [5, 5.41) is 11.3. The van der Waals surface area contributed by atoms with Crippen molar-refractivity contribution in [2.24, 2.45) is 0 Å². The van der Waals surface area contributed by atoms with E-state index in [4.69, 9.17) is 16.3 Å². The standard InChI is InChI=1S/C25H16ClF4NO4/c1-35-19-12-13(6-11-17(19)26)22(32)20-21(16-4-2-3-5-18(16)27)31(24(34)23(20)33)15-9-7-14(8-10-15)25(28,29)30/h2-12,21,32H,1H3/b22-20+. The fraction of sp³-hybridized carbons (Fsp3) is 0.120. The maximum atomic E-state index is 14.9. The highest BCUT2D eigenvalue weighted by atomic mass is 35.5. The third-order valence-electron chi connectivity index (χ3n) is 5.54. The lowest BCUT2D eigenvalue weighted by Crippen LogP contribution is -2.30. The van der Waals surface area contributed by atoms with E-state index in [2.05, 4.69) is 0 Å². The number of ether oxygens (including phenoxy) is 1. The predicted molar refractivity (Wildman–Crippen MR) is 121 cm³/mol. The van der Waals surface area contributed by atoms with Gasteiger partial charge in [0.2, 0.25) is 0 Å². The number of hydrogen-bond donors (Lipinski definition) is 1. The molecule has 0 bridgehead atoms. The first kappa shape index (κ1) is 24.3. The van der Waals surface area contributed by atoms with E-state index < -0.39 is 46.6 Å². The van der Waals surface area contributed by atoms with Crippen LogP contribution in [0.15, 0.2) is 72.3 Å². The van der Waals surface area contributed by atoms with Crippen LogP contribution in [0.3, 0.4) is 0 Å². The Bertz CT molecular complexity index is 1350. The van der Waals surface area contributed by atoms with Crippen LogP contribution in [0, 0.1) is 5.82 Å². The van der Waals surface area contributed by atoms with Crippen LogP contribution in [-0.2, 0) is 15.8 Å². The molecule has 0 spiro atoms. The molecule has 0 saturated carbocycles. The summed E-state index contributed by atoms with van der Waals surface area (Å²) in [5.74, 6) is -3.50. The van der Waals surface area contributed by atoms with Crippen molar-refractivity contribution in [2.45, 2.75) is 12.2 Å². The summed E-state index contributed by atoms with van der Waals surface area (Å²) in [7, 11) is 1.34. The van der Waals surface area contributed by atoms with Gasteiger partial charge in [0.1, 0.15) is 17.3 Å². The topological polar surface area (TPSA) is 66.8 Å². The highest BCUT2D eigenvalue weighted by Gasteiger charge is 2.48. The largest absolute Gasteiger partial charge is 0.507 e. The second-order valence-electron chi connectivity index (χ2n) is 7.58. The molecule has 1 fully saturated rings. The second-order valence-corrected chi connectivity index (χ2v) is 7.99. The molecule has 35 heavy (non-hydrogen) atoms. The van der Waals surface area contributed by atoms with Gasteiger partial charge in [-0.05, 0) is 48.5 Å². The molecular formula is C25H16ClF4NO4. The SMILES string of the molecule is COc1cc(/C(O)=C2\C(=O)C(=O)N(c3ccc(C(F)(F)F)cc3)C2c2ccccc2F)ccc1Cl. The van der Waals surface area contributed by atoms with Crippen LogP contribution in [0.25, 0.3) is 5.76 Å². The molecule has 0 aromatic heterocycles. The van der Waals surface area contributed by atoms with Gasteiger partial charge in [0, 0.05) is 16.8 Å². The summed E-state index contributed by atoms with van der Waals surface area (Å²) >= 11 is 6.02. The van der Waals surface area contributed by atoms with Crippen LogP contribution < -0.4 is 9.64 Å². The molecule has 180 valence electrons. The third-order valence-corrected chi connectivity index (χ3v) is 5.85. The van der Waals surface area contributed by atoms with Crippen molar-refractivity contribution < 1.29 is 37.0 Å². The zero-order valence-electron chi connectivity index (χ0n) is 17.9. The second kappa shape index (κ2) is 9.07. The van der Waals surface area contributed by atoms with Crippen molar-refractivity contribution >= 4 is 34.7 Å². The third kappa shape index (κ3) is 4.35. The van der Waals surface area contributed by atoms with Crippen LogP contribution in [-0.4, -0.2) is 23.9 Å². The summed E-state index contributed by atoms with van der Waals surface area (Å²) in [6.45, 7) is 0. The lowest BCUT2D eigenvalue weighted by Gasteiger charge is -2.26. The van der Waals surface area contributed by atoms with Crippen LogP contribution >= 0.6 is 11.6 Å². The first-order chi connectivity index (χ1) is 16.5. The monoisotopic (exact) mass is 505 g/mol. The van der Waals surface area contributed by atoms with E-state index in [0.29, 0.717) is 0 Å². The fourth-order valence-electron chi connectivity index (χ4n) is 3.86. The van der Waals surface area contributed by atoms with E-state index in [9.17, 15) is 32.3 Å². The molecule has 1 amide bonds. The molecule has 1 unspecified atom stereocenters. The number of halogens is 5. The Kier molecular flexibility index (Phi) is 6.29. The fourth-order valence-corrected chi connectivity index (χ4v) is 4.06. The number of carbonyl (C=O) groups is 2. The van der Waals surface area contributed by atoms with Crippen molar-refractivity contribution in [2.75, 3.05) is 12.0 Å². The minimum absolute atomic E-state index is 0.0676. The highest BCUT2D eigenvalue weighted by Crippen LogP contribution is 2.44. The molecule has 1 saturated heterocycles. The molecule has 0 aliphatic carbocycles. The molecule has 1 aliphatic heterocycles. The molecule has 3 aromatic rings. The van der Waals surface area contributed by atoms with Gasteiger partial charge in [-0.25, -0.2) is 4.39 Å². The first-order valence-electron chi connectivity index (χ1n) is 10.1. The minimum Gasteiger partial charge on any atom is -0.507 e. The Morgan fingerprint density at radius 2 is 1.69 bits per heavy atom. The number of methoxy groups -OCH3 is 1. The summed E-state index contributed by atoms with van der Waals surface area (Å²) < 4.78 is 59.1. The summed E-state index contributed by atoms with van der Waals surface area (Å²) in [4.78, 5) is 27.0. The molecule has 0 radical (unpaired) electrons. The molecule has 1 aliphatic rings. The van der Waals surface area contributed by atoms with Gasteiger partial charge in [-0.2, -0.15) is 13.2 Å². The van der Waals surface area contributed by atoms with Gasteiger partial charge in [0.15, 0.2) is 0 Å². The number of benzene rings is 3. The van der Waals surface area contributed by atoms with Gasteiger partial charge in [0.05, 0.1) is 29.3 Å². The van der Waals surface area contributed by atoms with Crippen LogP contribution in [0.4, 0.5) is 23.2 Å². The maximum absolute atomic E-state index is 14.9. The Hall–Kier alpha value is -3.85. The number of hydrogen-bond acceptors (Lipinski definition) is 4. The molecule has 3 aromatic carbocycles. The summed E-state index contributed by atoms with van der Waals surface area (Å²) in [5.41, 5.74) is -1.55. The molecule has 1 atom stereocenters. The quantitative estimate of drug-likeness (QED) is 0.200. The van der Waals surface area contributed by atoms with Crippen LogP contribution in [0.1, 0.15) is 22.7 Å². The molecule has 4 rings (SSSR count). The number of nitrogens with zero attached hydrogens (tertiary/aromatic N) is 1. The Morgan fingerprint density at radius 1 is 1.03 bits per heavy atom. The zero-order valence-corrected chi connectivity index (χ0v) is 18.7. The van der Waals surface area contributed by atoms with Gasteiger partial charge in [-0.1, -0.05) is 29.8 Å². The first-order valence-corrected chi connectivity index (χ1v) is 10.5. The van der Waals surface area contributed by atoms with Crippen molar-refractivity contribution in [3.05, 3.63) is 99.8 Å². The normalized spacial score (nSPS) is 17.7. The van der Waals surface area contributed by atoms with Crippen LogP contribution in [0.5, 0.6) is 5.75 Å². The van der Waals surface area contributed by atoms with Crippen molar-refractivity contribution in [1.82, 2.24) is 0 Å². The Balaban J connectivity index is 1.93. The van der Waals surface area contributed by atoms with E-state index in [-0.39, 0.29) is 27.6 Å². The number of Topliss-reactive ketones (excluding diaryl/α,β-unsaturated/α-hetero) is 1. The summed E-state index contributed by atoms with van der Waals surface area (Å²) in [6.07, 6.45) is -4.62. The molecule has 1 N–H and O–H groups in total. The number of amides is 1. The number of carbonyl (C=O) groups excluding carboxylic acids is 2. The van der Waals surface area contributed by atoms with Crippen molar-refractivity contribution in [1.29, 1.82) is 0 Å². The van der Waals surface area contributed by atoms with Gasteiger partial charge in [-0.15, -0.1) is 0 Å². The molecule has 1 heterocycles. The highest BCUT2D eigenvalue weighted by molar-refractivity contribution is 6.51. The predicted octanol–water partition coefficient (Wildman–Crippen LogP) is 6.13. The number of aliphatic hydroxyl groups is 1. The van der Waals surface area contributed by atoms with Gasteiger partial charge < -0.3 is 9.84 Å². The number of alkyl halides is 3. The minimum atomic E-state index is -4.62. The summed E-state index contributed by atoms with van der Waals surface area (Å²) in [6, 6.07) is 11.5. The van der Waals surface area contributed by atoms with E-state index in [1.807, 2.05) is 0 Å². The zero-order chi connectivity index (χ0) is 25.5.